The molecule has 4 heteroatoms. The molecule has 0 saturated carbocycles. The number of hydrogen-bond donors (Lipinski definition) is 0. The number of rotatable bonds is 4. The Balaban J connectivity index is 3.02. The van der Waals surface area contributed by atoms with Crippen molar-refractivity contribution in [1.82, 2.24) is 4.90 Å². The van der Waals surface area contributed by atoms with Crippen LogP contribution in [0.2, 0.25) is 0 Å². The predicted octanol–water partition coefficient (Wildman–Crippen LogP) is 2.06. The molecule has 0 unspecified atom stereocenters. The van der Waals surface area contributed by atoms with Gasteiger partial charge in [-0.25, -0.2) is 9.18 Å². The van der Waals surface area contributed by atoms with Gasteiger partial charge in [0.05, 0.1) is 12.2 Å². The van der Waals surface area contributed by atoms with Crippen molar-refractivity contribution in [3.05, 3.63) is 35.1 Å². The predicted molar refractivity (Wildman–Crippen MR) is 59.7 cm³/mol. The summed E-state index contributed by atoms with van der Waals surface area (Å²) in [5.74, 6) is -0.899. The number of benzene rings is 1. The van der Waals surface area contributed by atoms with Crippen molar-refractivity contribution in [2.45, 2.75) is 13.5 Å². The smallest absolute Gasteiger partial charge is 0.338 e. The van der Waals surface area contributed by atoms with Gasteiger partial charge in [0, 0.05) is 6.54 Å². The molecule has 0 bridgehead atoms. The van der Waals surface area contributed by atoms with E-state index < -0.39 is 11.8 Å². The zero-order chi connectivity index (χ0) is 12.1. The average molecular weight is 225 g/mol. The maximum absolute atomic E-state index is 13.1. The molecule has 0 aliphatic heterocycles. The van der Waals surface area contributed by atoms with Gasteiger partial charge in [0.1, 0.15) is 5.82 Å². The minimum absolute atomic E-state index is 0.288. The number of halogens is 1. The van der Waals surface area contributed by atoms with Crippen molar-refractivity contribution >= 4 is 5.97 Å². The summed E-state index contributed by atoms with van der Waals surface area (Å²) in [7, 11) is 3.77. The third kappa shape index (κ3) is 3.31. The van der Waals surface area contributed by atoms with Crippen molar-refractivity contribution in [2.75, 3.05) is 20.7 Å². The van der Waals surface area contributed by atoms with Gasteiger partial charge in [-0.2, -0.15) is 0 Å². The Morgan fingerprint density at radius 2 is 2.12 bits per heavy atom. The largest absolute Gasteiger partial charge is 0.462 e. The summed E-state index contributed by atoms with van der Waals surface area (Å²) in [5.41, 5.74) is 1.07. The molecular formula is C12H16FNO2. The summed E-state index contributed by atoms with van der Waals surface area (Å²) in [6.07, 6.45) is 0. The van der Waals surface area contributed by atoms with Crippen LogP contribution in [0.4, 0.5) is 4.39 Å². The lowest BCUT2D eigenvalue weighted by Gasteiger charge is -2.13. The highest BCUT2D eigenvalue weighted by Gasteiger charge is 2.13. The molecule has 0 atom stereocenters. The van der Waals surface area contributed by atoms with E-state index in [9.17, 15) is 9.18 Å². The van der Waals surface area contributed by atoms with E-state index in [-0.39, 0.29) is 6.61 Å². The second kappa shape index (κ2) is 5.61. The van der Waals surface area contributed by atoms with Gasteiger partial charge < -0.3 is 9.64 Å². The SMILES string of the molecule is CCOC(=O)c1cc(F)ccc1CN(C)C. The van der Waals surface area contributed by atoms with Crippen molar-refractivity contribution in [2.24, 2.45) is 0 Å². The fourth-order valence-electron chi connectivity index (χ4n) is 1.43. The zero-order valence-corrected chi connectivity index (χ0v) is 9.79. The lowest BCUT2D eigenvalue weighted by molar-refractivity contribution is 0.0523. The van der Waals surface area contributed by atoms with Gasteiger partial charge in [0.25, 0.3) is 0 Å². The molecule has 0 amide bonds. The Labute approximate surface area is 94.8 Å². The second-order valence-corrected chi connectivity index (χ2v) is 3.76. The highest BCUT2D eigenvalue weighted by Crippen LogP contribution is 2.14. The van der Waals surface area contributed by atoms with Crippen molar-refractivity contribution in [1.29, 1.82) is 0 Å². The summed E-state index contributed by atoms with van der Waals surface area (Å²) in [6, 6.07) is 4.18. The third-order valence-corrected chi connectivity index (χ3v) is 2.05. The van der Waals surface area contributed by atoms with E-state index in [0.717, 1.165) is 5.56 Å². The van der Waals surface area contributed by atoms with Crippen LogP contribution in [-0.4, -0.2) is 31.6 Å². The Morgan fingerprint density at radius 1 is 1.44 bits per heavy atom. The van der Waals surface area contributed by atoms with Crippen molar-refractivity contribution < 1.29 is 13.9 Å². The van der Waals surface area contributed by atoms with Gasteiger partial charge in [-0.05, 0) is 38.7 Å². The van der Waals surface area contributed by atoms with Crippen LogP contribution in [-0.2, 0) is 11.3 Å². The summed E-state index contributed by atoms with van der Waals surface area (Å²) in [5, 5.41) is 0. The quantitative estimate of drug-likeness (QED) is 0.735. The zero-order valence-electron chi connectivity index (χ0n) is 9.79. The maximum Gasteiger partial charge on any atom is 0.338 e. The average Bonchev–Trinajstić information content (AvgIpc) is 2.20. The van der Waals surface area contributed by atoms with E-state index >= 15 is 0 Å². The molecule has 0 aliphatic carbocycles. The van der Waals surface area contributed by atoms with Crippen molar-refractivity contribution in [3.8, 4) is 0 Å². The summed E-state index contributed by atoms with van der Waals surface area (Å²) in [4.78, 5) is 13.5. The Hall–Kier alpha value is -1.42. The standard InChI is InChI=1S/C12H16FNO2/c1-4-16-12(15)11-7-10(13)6-5-9(11)8-14(2)3/h5-7H,4,8H2,1-3H3. The van der Waals surface area contributed by atoms with Crippen LogP contribution < -0.4 is 0 Å². The lowest BCUT2D eigenvalue weighted by Crippen LogP contribution is -2.15. The first kappa shape index (κ1) is 12.6. The lowest BCUT2D eigenvalue weighted by atomic mass is 10.1. The Kier molecular flexibility index (Phi) is 4.43. The van der Waals surface area contributed by atoms with Crippen LogP contribution in [0.3, 0.4) is 0 Å². The molecule has 1 aromatic carbocycles. The fraction of sp³-hybridized carbons (Fsp3) is 0.417. The molecule has 0 spiro atoms. The highest BCUT2D eigenvalue weighted by atomic mass is 19.1. The van der Waals surface area contributed by atoms with E-state index in [4.69, 9.17) is 4.74 Å². The molecule has 3 nitrogen and oxygen atoms in total. The molecule has 0 fully saturated rings. The van der Waals surface area contributed by atoms with Gasteiger partial charge in [-0.15, -0.1) is 0 Å². The van der Waals surface area contributed by atoms with Gasteiger partial charge >= 0.3 is 5.97 Å². The molecule has 0 aliphatic rings. The number of carbonyl (C=O) groups excluding carboxylic acids is 1. The van der Waals surface area contributed by atoms with E-state index in [0.29, 0.717) is 12.1 Å². The first-order valence-electron chi connectivity index (χ1n) is 5.15. The van der Waals surface area contributed by atoms with Crippen LogP contribution in [0.1, 0.15) is 22.8 Å². The van der Waals surface area contributed by atoms with E-state index in [2.05, 4.69) is 0 Å². The molecule has 0 radical (unpaired) electrons. The number of nitrogens with zero attached hydrogens (tertiary/aromatic N) is 1. The van der Waals surface area contributed by atoms with Gasteiger partial charge in [-0.1, -0.05) is 6.07 Å². The summed E-state index contributed by atoms with van der Waals surface area (Å²) in [6.45, 7) is 2.59. The fourth-order valence-corrected chi connectivity index (χ4v) is 1.43. The van der Waals surface area contributed by atoms with Crippen LogP contribution in [0.25, 0.3) is 0 Å². The first-order chi connectivity index (χ1) is 7.54. The molecule has 1 rings (SSSR count). The number of carbonyl (C=O) groups is 1. The van der Waals surface area contributed by atoms with Gasteiger partial charge in [0.15, 0.2) is 0 Å². The second-order valence-electron chi connectivity index (χ2n) is 3.76. The minimum Gasteiger partial charge on any atom is -0.462 e. The molecule has 88 valence electrons. The van der Waals surface area contributed by atoms with Crippen molar-refractivity contribution in [3.63, 3.8) is 0 Å². The van der Waals surface area contributed by atoms with Gasteiger partial charge in [-0.3, -0.25) is 0 Å². The normalized spacial score (nSPS) is 10.6. The number of hydrogen-bond acceptors (Lipinski definition) is 3. The molecule has 0 saturated heterocycles. The summed E-state index contributed by atoms with van der Waals surface area (Å²) >= 11 is 0. The monoisotopic (exact) mass is 225 g/mol. The molecular weight excluding hydrogens is 209 g/mol. The summed E-state index contributed by atoms with van der Waals surface area (Å²) < 4.78 is 17.9. The number of esters is 1. The topological polar surface area (TPSA) is 29.5 Å². The van der Waals surface area contributed by atoms with E-state index in [1.807, 2.05) is 19.0 Å². The molecule has 0 aromatic heterocycles. The van der Waals surface area contributed by atoms with Gasteiger partial charge in [0.2, 0.25) is 0 Å². The van der Waals surface area contributed by atoms with Crippen LogP contribution in [0, 0.1) is 5.82 Å². The molecule has 16 heavy (non-hydrogen) atoms. The van der Waals surface area contributed by atoms with Crippen LogP contribution in [0.5, 0.6) is 0 Å². The molecule has 0 N–H and O–H groups in total. The van der Waals surface area contributed by atoms with Crippen LogP contribution in [0.15, 0.2) is 18.2 Å². The third-order valence-electron chi connectivity index (χ3n) is 2.05. The Morgan fingerprint density at radius 3 is 2.69 bits per heavy atom. The first-order valence-corrected chi connectivity index (χ1v) is 5.15. The molecule has 1 aromatic rings. The van der Waals surface area contributed by atoms with Crippen LogP contribution >= 0.6 is 0 Å². The maximum atomic E-state index is 13.1. The highest BCUT2D eigenvalue weighted by molar-refractivity contribution is 5.91. The molecule has 0 heterocycles. The minimum atomic E-state index is -0.473. The van der Waals surface area contributed by atoms with E-state index in [1.165, 1.54) is 12.1 Å². The number of ether oxygens (including phenoxy) is 1. The van der Waals surface area contributed by atoms with E-state index in [1.54, 1.807) is 13.0 Å². The Bertz CT molecular complexity index is 377.